The Labute approximate surface area is 162 Å². The second-order valence-corrected chi connectivity index (χ2v) is 6.89. The lowest BCUT2D eigenvalue weighted by molar-refractivity contribution is -0.178. The maximum atomic E-state index is 13.4. The van der Waals surface area contributed by atoms with Gasteiger partial charge in [-0.3, -0.25) is 9.97 Å². The second-order valence-electron chi connectivity index (χ2n) is 6.89. The summed E-state index contributed by atoms with van der Waals surface area (Å²) in [6.45, 7) is -0.721. The van der Waals surface area contributed by atoms with E-state index >= 15 is 0 Å². The summed E-state index contributed by atoms with van der Waals surface area (Å²) in [7, 11) is 0. The number of hydrogen-bond acceptors (Lipinski definition) is 5. The molecule has 2 atom stereocenters. The Morgan fingerprint density at radius 1 is 1.07 bits per heavy atom. The molecule has 0 aliphatic carbocycles. The predicted octanol–water partition coefficient (Wildman–Crippen LogP) is 3.80. The summed E-state index contributed by atoms with van der Waals surface area (Å²) < 4.78 is 77.5. The van der Waals surface area contributed by atoms with Gasteiger partial charge in [0.05, 0.1) is 23.6 Å². The van der Waals surface area contributed by atoms with Crippen LogP contribution in [0.1, 0.15) is 18.4 Å². The Morgan fingerprint density at radius 2 is 1.76 bits per heavy atom. The SMILES string of the molecule is N#Cc1ccc(N2C[C@H](NCCC(F)(F)F)C[C@H](C(F)(F)F)C2)c2nccnc12. The van der Waals surface area contributed by atoms with Gasteiger partial charge in [-0.25, -0.2) is 0 Å². The van der Waals surface area contributed by atoms with Crippen LogP contribution >= 0.6 is 0 Å². The third-order valence-corrected chi connectivity index (χ3v) is 4.82. The summed E-state index contributed by atoms with van der Waals surface area (Å²) in [5, 5.41) is 11.8. The Kier molecular flexibility index (Phi) is 5.84. The number of aromatic nitrogens is 2. The number of alkyl halides is 6. The van der Waals surface area contributed by atoms with Gasteiger partial charge >= 0.3 is 12.4 Å². The molecule has 156 valence electrons. The van der Waals surface area contributed by atoms with Crippen LogP contribution in [-0.4, -0.2) is 48.0 Å². The van der Waals surface area contributed by atoms with Gasteiger partial charge in [-0.15, -0.1) is 0 Å². The van der Waals surface area contributed by atoms with Crippen molar-refractivity contribution in [3.63, 3.8) is 0 Å². The highest BCUT2D eigenvalue weighted by molar-refractivity contribution is 5.92. The van der Waals surface area contributed by atoms with Gasteiger partial charge in [-0.05, 0) is 18.6 Å². The van der Waals surface area contributed by atoms with Crippen molar-refractivity contribution >= 4 is 16.7 Å². The number of anilines is 1. The molecule has 5 nitrogen and oxygen atoms in total. The normalized spacial score (nSPS) is 20.7. The standard InChI is InChI=1S/C18H17F6N5/c19-17(20,21)3-4-26-13-7-12(18(22,23)24)9-29(10-13)14-2-1-11(8-25)15-16(14)28-6-5-27-15/h1-2,5-6,12-13,26H,3-4,7,9-10H2/t12-,13+/m0/s1. The highest BCUT2D eigenvalue weighted by Crippen LogP contribution is 2.37. The number of benzene rings is 1. The van der Waals surface area contributed by atoms with Crippen LogP contribution in [-0.2, 0) is 0 Å². The van der Waals surface area contributed by atoms with E-state index in [1.54, 1.807) is 0 Å². The summed E-state index contributed by atoms with van der Waals surface area (Å²) in [5.74, 6) is -1.71. The predicted molar refractivity (Wildman–Crippen MR) is 93.1 cm³/mol. The first-order valence-corrected chi connectivity index (χ1v) is 8.84. The van der Waals surface area contributed by atoms with E-state index in [0.717, 1.165) is 0 Å². The summed E-state index contributed by atoms with van der Waals surface area (Å²) in [4.78, 5) is 9.71. The van der Waals surface area contributed by atoms with E-state index in [-0.39, 0.29) is 36.1 Å². The first-order chi connectivity index (χ1) is 13.6. The van der Waals surface area contributed by atoms with Crippen LogP contribution in [0.5, 0.6) is 0 Å². The number of halogens is 6. The van der Waals surface area contributed by atoms with E-state index in [9.17, 15) is 31.6 Å². The number of nitrogens with zero attached hydrogens (tertiary/aromatic N) is 4. The van der Waals surface area contributed by atoms with Crippen molar-refractivity contribution in [3.05, 3.63) is 30.1 Å². The number of hydrogen-bond donors (Lipinski definition) is 1. The number of rotatable bonds is 4. The van der Waals surface area contributed by atoms with Crippen LogP contribution in [0.2, 0.25) is 0 Å². The zero-order valence-corrected chi connectivity index (χ0v) is 15.1. The van der Waals surface area contributed by atoms with Crippen molar-refractivity contribution in [3.8, 4) is 6.07 Å². The van der Waals surface area contributed by atoms with E-state index in [4.69, 9.17) is 0 Å². The fourth-order valence-electron chi connectivity index (χ4n) is 3.49. The molecule has 1 N–H and O–H groups in total. The van der Waals surface area contributed by atoms with Gasteiger partial charge in [0.1, 0.15) is 17.1 Å². The summed E-state index contributed by atoms with van der Waals surface area (Å²) >= 11 is 0. The number of nitriles is 1. The van der Waals surface area contributed by atoms with Crippen molar-refractivity contribution in [2.45, 2.75) is 31.2 Å². The molecule has 11 heteroatoms. The quantitative estimate of drug-likeness (QED) is 0.767. The lowest BCUT2D eigenvalue weighted by Crippen LogP contribution is -2.53. The minimum atomic E-state index is -4.49. The molecule has 0 saturated carbocycles. The topological polar surface area (TPSA) is 64.8 Å². The van der Waals surface area contributed by atoms with Crippen LogP contribution in [0.3, 0.4) is 0 Å². The zero-order valence-electron chi connectivity index (χ0n) is 15.1. The highest BCUT2D eigenvalue weighted by Gasteiger charge is 2.45. The van der Waals surface area contributed by atoms with Crippen LogP contribution in [0.25, 0.3) is 11.0 Å². The van der Waals surface area contributed by atoms with Crippen molar-refractivity contribution in [2.75, 3.05) is 24.5 Å². The zero-order chi connectivity index (χ0) is 21.2. The molecule has 1 aromatic heterocycles. The molecule has 1 fully saturated rings. The fraction of sp³-hybridized carbons (Fsp3) is 0.500. The molecule has 0 radical (unpaired) electrons. The largest absolute Gasteiger partial charge is 0.393 e. The number of nitrogens with one attached hydrogen (secondary N) is 1. The van der Waals surface area contributed by atoms with E-state index in [1.165, 1.54) is 29.4 Å². The van der Waals surface area contributed by atoms with Gasteiger partial charge < -0.3 is 10.2 Å². The van der Waals surface area contributed by atoms with Crippen molar-refractivity contribution in [1.29, 1.82) is 5.26 Å². The minimum absolute atomic E-state index is 0.0853. The molecule has 2 aromatic rings. The van der Waals surface area contributed by atoms with E-state index < -0.39 is 37.3 Å². The van der Waals surface area contributed by atoms with Gasteiger partial charge in [0.15, 0.2) is 0 Å². The average molecular weight is 417 g/mol. The first-order valence-electron chi connectivity index (χ1n) is 8.84. The molecule has 1 saturated heterocycles. The third-order valence-electron chi connectivity index (χ3n) is 4.82. The maximum Gasteiger partial charge on any atom is 0.393 e. The molecular weight excluding hydrogens is 400 g/mol. The Balaban J connectivity index is 1.89. The molecule has 0 bridgehead atoms. The first kappa shape index (κ1) is 21.1. The van der Waals surface area contributed by atoms with Crippen LogP contribution < -0.4 is 10.2 Å². The van der Waals surface area contributed by atoms with Crippen molar-refractivity contribution in [2.24, 2.45) is 5.92 Å². The van der Waals surface area contributed by atoms with Crippen LogP contribution in [0, 0.1) is 17.2 Å². The number of fused-ring (bicyclic) bond motifs is 1. The molecular formula is C18H17F6N5. The molecule has 29 heavy (non-hydrogen) atoms. The number of piperidine rings is 1. The minimum Gasteiger partial charge on any atom is -0.368 e. The average Bonchev–Trinajstić information content (AvgIpc) is 2.65. The molecule has 0 unspecified atom stereocenters. The molecule has 2 heterocycles. The molecule has 1 aromatic carbocycles. The fourth-order valence-corrected chi connectivity index (χ4v) is 3.49. The van der Waals surface area contributed by atoms with E-state index in [0.29, 0.717) is 5.69 Å². The summed E-state index contributed by atoms with van der Waals surface area (Å²) in [6, 6.07) is 4.14. The van der Waals surface area contributed by atoms with Gasteiger partial charge in [0, 0.05) is 38.1 Å². The van der Waals surface area contributed by atoms with Gasteiger partial charge in [0.2, 0.25) is 0 Å². The van der Waals surface area contributed by atoms with Crippen molar-refractivity contribution in [1.82, 2.24) is 15.3 Å². The van der Waals surface area contributed by atoms with Crippen LogP contribution in [0.4, 0.5) is 32.0 Å². The van der Waals surface area contributed by atoms with Gasteiger partial charge in [0.25, 0.3) is 0 Å². The van der Waals surface area contributed by atoms with Gasteiger partial charge in [-0.2, -0.15) is 31.6 Å². The third kappa shape index (κ3) is 5.06. The molecule has 0 amide bonds. The molecule has 0 spiro atoms. The lowest BCUT2D eigenvalue weighted by atomic mass is 9.92. The monoisotopic (exact) mass is 417 g/mol. The second kappa shape index (κ2) is 8.02. The molecule has 3 rings (SSSR count). The van der Waals surface area contributed by atoms with E-state index in [1.807, 2.05) is 6.07 Å². The Hall–Kier alpha value is -2.61. The Bertz CT molecular complexity index is 904. The molecule has 1 aliphatic heterocycles. The maximum absolute atomic E-state index is 13.4. The van der Waals surface area contributed by atoms with Crippen LogP contribution in [0.15, 0.2) is 24.5 Å². The highest BCUT2D eigenvalue weighted by atomic mass is 19.4. The van der Waals surface area contributed by atoms with Crippen molar-refractivity contribution < 1.29 is 26.3 Å². The summed E-state index contributed by atoms with van der Waals surface area (Å²) in [5.41, 5.74) is 1.15. The lowest BCUT2D eigenvalue weighted by Gasteiger charge is -2.40. The smallest absolute Gasteiger partial charge is 0.368 e. The summed E-state index contributed by atoms with van der Waals surface area (Å²) in [6.07, 6.45) is -7.55. The van der Waals surface area contributed by atoms with Gasteiger partial charge in [-0.1, -0.05) is 0 Å². The van der Waals surface area contributed by atoms with E-state index in [2.05, 4.69) is 15.3 Å². The Morgan fingerprint density at radius 3 is 2.38 bits per heavy atom. The molecule has 1 aliphatic rings.